The van der Waals surface area contributed by atoms with Crippen LogP contribution >= 0.6 is 0 Å². The summed E-state index contributed by atoms with van der Waals surface area (Å²) >= 11 is 0. The van der Waals surface area contributed by atoms with E-state index in [1.807, 2.05) is 24.3 Å². The Labute approximate surface area is 140 Å². The number of amides is 1. The SMILES string of the molecule is COc1cc(C(=O)N2CCOc3ccccc32)cc(OC)c1OC. The topological polar surface area (TPSA) is 57.2 Å². The maximum Gasteiger partial charge on any atom is 0.258 e. The third kappa shape index (κ3) is 2.71. The van der Waals surface area contributed by atoms with Crippen LogP contribution in [0.4, 0.5) is 5.69 Å². The summed E-state index contributed by atoms with van der Waals surface area (Å²) in [6, 6.07) is 10.8. The van der Waals surface area contributed by atoms with Gasteiger partial charge in [0.05, 0.1) is 33.6 Å². The Hall–Kier alpha value is -2.89. The number of benzene rings is 2. The van der Waals surface area contributed by atoms with E-state index in [9.17, 15) is 4.79 Å². The van der Waals surface area contributed by atoms with Crippen LogP contribution in [0.2, 0.25) is 0 Å². The largest absolute Gasteiger partial charge is 0.493 e. The van der Waals surface area contributed by atoms with Crippen molar-refractivity contribution in [3.05, 3.63) is 42.0 Å². The zero-order chi connectivity index (χ0) is 17.1. The Kier molecular flexibility index (Phi) is 4.46. The number of hydrogen-bond donors (Lipinski definition) is 0. The number of fused-ring (bicyclic) bond motifs is 1. The number of methoxy groups -OCH3 is 3. The fraction of sp³-hybridized carbons (Fsp3) is 0.278. The van der Waals surface area contributed by atoms with E-state index < -0.39 is 0 Å². The van der Waals surface area contributed by atoms with Crippen LogP contribution in [-0.2, 0) is 0 Å². The molecule has 0 aromatic heterocycles. The van der Waals surface area contributed by atoms with E-state index in [2.05, 4.69) is 0 Å². The van der Waals surface area contributed by atoms with Crippen LogP contribution in [0.1, 0.15) is 10.4 Å². The molecule has 0 radical (unpaired) electrons. The fourth-order valence-electron chi connectivity index (χ4n) is 2.74. The number of carbonyl (C=O) groups excluding carboxylic acids is 1. The average molecular weight is 329 g/mol. The lowest BCUT2D eigenvalue weighted by atomic mass is 10.1. The lowest BCUT2D eigenvalue weighted by molar-refractivity contribution is 0.0976. The average Bonchev–Trinajstić information content (AvgIpc) is 2.65. The fourth-order valence-corrected chi connectivity index (χ4v) is 2.74. The number of anilines is 1. The van der Waals surface area contributed by atoms with Gasteiger partial charge in [-0.05, 0) is 24.3 Å². The summed E-state index contributed by atoms with van der Waals surface area (Å²) in [7, 11) is 4.57. The third-order valence-corrected chi connectivity index (χ3v) is 3.89. The summed E-state index contributed by atoms with van der Waals surface area (Å²) in [5.41, 5.74) is 1.21. The molecule has 0 bridgehead atoms. The minimum atomic E-state index is -0.148. The molecule has 24 heavy (non-hydrogen) atoms. The number of para-hydroxylation sites is 2. The van der Waals surface area contributed by atoms with Crippen molar-refractivity contribution in [2.75, 3.05) is 39.4 Å². The van der Waals surface area contributed by atoms with E-state index in [1.165, 1.54) is 21.3 Å². The van der Waals surface area contributed by atoms with Crippen LogP contribution in [0.3, 0.4) is 0 Å². The van der Waals surface area contributed by atoms with E-state index in [0.29, 0.717) is 41.7 Å². The molecule has 1 aliphatic heterocycles. The highest BCUT2D eigenvalue weighted by atomic mass is 16.5. The summed E-state index contributed by atoms with van der Waals surface area (Å²) in [6.07, 6.45) is 0. The second kappa shape index (κ2) is 6.70. The zero-order valence-corrected chi connectivity index (χ0v) is 13.9. The molecule has 3 rings (SSSR count). The molecule has 0 saturated carbocycles. The molecule has 1 amide bonds. The smallest absolute Gasteiger partial charge is 0.258 e. The molecule has 0 saturated heterocycles. The Morgan fingerprint density at radius 1 is 1.04 bits per heavy atom. The quantitative estimate of drug-likeness (QED) is 0.863. The maximum atomic E-state index is 13.0. The molecular formula is C18H19NO5. The van der Waals surface area contributed by atoms with Gasteiger partial charge in [-0.15, -0.1) is 0 Å². The molecule has 0 N–H and O–H groups in total. The minimum Gasteiger partial charge on any atom is -0.493 e. The van der Waals surface area contributed by atoms with Crippen LogP contribution in [0, 0.1) is 0 Å². The van der Waals surface area contributed by atoms with Crippen molar-refractivity contribution in [1.82, 2.24) is 0 Å². The van der Waals surface area contributed by atoms with Gasteiger partial charge >= 0.3 is 0 Å². The van der Waals surface area contributed by atoms with Crippen molar-refractivity contribution < 1.29 is 23.7 Å². The first-order valence-corrected chi connectivity index (χ1v) is 7.53. The van der Waals surface area contributed by atoms with E-state index in [1.54, 1.807) is 17.0 Å². The highest BCUT2D eigenvalue weighted by Crippen LogP contribution is 2.39. The van der Waals surface area contributed by atoms with Gasteiger partial charge in [0.25, 0.3) is 5.91 Å². The molecule has 1 aliphatic rings. The monoisotopic (exact) mass is 329 g/mol. The molecule has 6 nitrogen and oxygen atoms in total. The minimum absolute atomic E-state index is 0.148. The van der Waals surface area contributed by atoms with E-state index in [4.69, 9.17) is 18.9 Å². The van der Waals surface area contributed by atoms with Gasteiger partial charge in [0.2, 0.25) is 5.75 Å². The Balaban J connectivity index is 2.02. The Morgan fingerprint density at radius 2 is 1.71 bits per heavy atom. The van der Waals surface area contributed by atoms with Crippen molar-refractivity contribution in [2.45, 2.75) is 0 Å². The molecule has 2 aromatic carbocycles. The van der Waals surface area contributed by atoms with Gasteiger partial charge in [0, 0.05) is 5.56 Å². The van der Waals surface area contributed by atoms with Crippen molar-refractivity contribution >= 4 is 11.6 Å². The highest BCUT2D eigenvalue weighted by Gasteiger charge is 2.26. The number of hydrogen-bond acceptors (Lipinski definition) is 5. The molecule has 0 atom stereocenters. The molecule has 0 aliphatic carbocycles. The summed E-state index contributed by atoms with van der Waals surface area (Å²) in [5.74, 6) is 1.90. The van der Waals surface area contributed by atoms with Crippen molar-refractivity contribution in [1.29, 1.82) is 0 Å². The lowest BCUT2D eigenvalue weighted by Gasteiger charge is -2.29. The van der Waals surface area contributed by atoms with Gasteiger partial charge in [-0.3, -0.25) is 4.79 Å². The molecule has 0 unspecified atom stereocenters. The van der Waals surface area contributed by atoms with Gasteiger partial charge in [-0.25, -0.2) is 0 Å². The third-order valence-electron chi connectivity index (χ3n) is 3.89. The zero-order valence-electron chi connectivity index (χ0n) is 13.9. The Bertz CT molecular complexity index is 734. The molecular weight excluding hydrogens is 310 g/mol. The molecule has 0 fully saturated rings. The normalized spacial score (nSPS) is 12.9. The number of ether oxygens (including phenoxy) is 4. The van der Waals surface area contributed by atoms with E-state index >= 15 is 0 Å². The second-order valence-electron chi connectivity index (χ2n) is 5.19. The Morgan fingerprint density at radius 3 is 2.33 bits per heavy atom. The van der Waals surface area contributed by atoms with E-state index in [0.717, 1.165) is 5.69 Å². The first kappa shape index (κ1) is 16.0. The highest BCUT2D eigenvalue weighted by molar-refractivity contribution is 6.07. The van der Waals surface area contributed by atoms with Gasteiger partial charge < -0.3 is 23.8 Å². The van der Waals surface area contributed by atoms with Gasteiger partial charge in [0.1, 0.15) is 12.4 Å². The standard InChI is InChI=1S/C18H19NO5/c1-21-15-10-12(11-16(22-2)17(15)23-3)18(20)19-8-9-24-14-7-5-4-6-13(14)19/h4-7,10-11H,8-9H2,1-3H3. The number of nitrogens with zero attached hydrogens (tertiary/aromatic N) is 1. The molecule has 6 heteroatoms. The summed E-state index contributed by atoms with van der Waals surface area (Å²) in [6.45, 7) is 0.930. The van der Waals surface area contributed by atoms with Gasteiger partial charge in [-0.1, -0.05) is 12.1 Å². The predicted molar refractivity (Wildman–Crippen MR) is 89.7 cm³/mol. The summed E-state index contributed by atoms with van der Waals surface area (Å²) < 4.78 is 21.6. The molecule has 2 aromatic rings. The first-order chi connectivity index (χ1) is 11.7. The van der Waals surface area contributed by atoms with Gasteiger partial charge in [-0.2, -0.15) is 0 Å². The van der Waals surface area contributed by atoms with Gasteiger partial charge in [0.15, 0.2) is 11.5 Å². The maximum absolute atomic E-state index is 13.0. The predicted octanol–water partition coefficient (Wildman–Crippen LogP) is 2.75. The molecule has 126 valence electrons. The van der Waals surface area contributed by atoms with Crippen LogP contribution in [-0.4, -0.2) is 40.4 Å². The van der Waals surface area contributed by atoms with Crippen LogP contribution < -0.4 is 23.8 Å². The van der Waals surface area contributed by atoms with Crippen LogP contribution in [0.25, 0.3) is 0 Å². The lowest BCUT2D eigenvalue weighted by Crippen LogP contribution is -2.37. The number of rotatable bonds is 4. The van der Waals surface area contributed by atoms with Crippen molar-refractivity contribution in [3.8, 4) is 23.0 Å². The molecule has 0 spiro atoms. The first-order valence-electron chi connectivity index (χ1n) is 7.53. The summed E-state index contributed by atoms with van der Waals surface area (Å²) in [5, 5.41) is 0. The van der Waals surface area contributed by atoms with Crippen LogP contribution in [0.5, 0.6) is 23.0 Å². The van der Waals surface area contributed by atoms with Crippen LogP contribution in [0.15, 0.2) is 36.4 Å². The van der Waals surface area contributed by atoms with E-state index in [-0.39, 0.29) is 5.91 Å². The van der Waals surface area contributed by atoms with Crippen molar-refractivity contribution in [2.24, 2.45) is 0 Å². The second-order valence-corrected chi connectivity index (χ2v) is 5.19. The van der Waals surface area contributed by atoms with Crippen molar-refractivity contribution in [3.63, 3.8) is 0 Å². The molecule has 1 heterocycles. The summed E-state index contributed by atoms with van der Waals surface area (Å²) in [4.78, 5) is 14.7. The number of carbonyl (C=O) groups is 1.